The van der Waals surface area contributed by atoms with E-state index >= 15 is 0 Å². The summed E-state index contributed by atoms with van der Waals surface area (Å²) in [5, 5.41) is 5.64. The van der Waals surface area contributed by atoms with Crippen molar-refractivity contribution in [2.45, 2.75) is 40.7 Å². The van der Waals surface area contributed by atoms with Crippen LogP contribution in [0.3, 0.4) is 0 Å². The SMILES string of the molecule is C/C1=c2\cc/c([nH]2)=C(\C)c2ccc([nH]2)/C(C)=C2\C=c3c(c(C)c4cc/c(n34)=C(\C)C3C=CC1=N3)=N2. The van der Waals surface area contributed by atoms with Crippen LogP contribution in [0.15, 0.2) is 64.2 Å². The molecule has 0 amide bonds. The lowest BCUT2D eigenvalue weighted by Gasteiger charge is -2.06. The zero-order chi connectivity index (χ0) is 24.0. The third kappa shape index (κ3) is 2.75. The van der Waals surface area contributed by atoms with Gasteiger partial charge in [-0.15, -0.1) is 0 Å². The molecular formula is C30H27N5. The Morgan fingerprint density at radius 1 is 0.800 bits per heavy atom. The fraction of sp³-hybridized carbons (Fsp3) is 0.200. The van der Waals surface area contributed by atoms with E-state index in [1.165, 1.54) is 27.6 Å². The van der Waals surface area contributed by atoms with Gasteiger partial charge in [0.15, 0.2) is 0 Å². The average molecular weight is 458 g/mol. The number of aliphatic imine (C=N–C) groups is 1. The molecule has 7 heterocycles. The van der Waals surface area contributed by atoms with Gasteiger partial charge in [0.2, 0.25) is 0 Å². The van der Waals surface area contributed by atoms with Gasteiger partial charge >= 0.3 is 0 Å². The molecule has 172 valence electrons. The van der Waals surface area contributed by atoms with E-state index in [0.29, 0.717) is 0 Å². The van der Waals surface area contributed by atoms with Crippen LogP contribution in [0.1, 0.15) is 44.6 Å². The summed E-state index contributed by atoms with van der Waals surface area (Å²) >= 11 is 0. The summed E-state index contributed by atoms with van der Waals surface area (Å²) < 4.78 is 2.36. The van der Waals surface area contributed by atoms with Crippen LogP contribution in [0.4, 0.5) is 0 Å². The molecule has 35 heavy (non-hydrogen) atoms. The van der Waals surface area contributed by atoms with Gasteiger partial charge in [0.25, 0.3) is 0 Å². The number of aromatic nitrogens is 3. The van der Waals surface area contributed by atoms with Crippen molar-refractivity contribution in [3.8, 4) is 0 Å². The first-order chi connectivity index (χ1) is 16.9. The molecule has 0 spiro atoms. The van der Waals surface area contributed by atoms with E-state index in [1.54, 1.807) is 0 Å². The molecule has 0 saturated carbocycles. The van der Waals surface area contributed by atoms with Gasteiger partial charge in [0.05, 0.1) is 33.7 Å². The van der Waals surface area contributed by atoms with Gasteiger partial charge in [-0.3, -0.25) is 4.99 Å². The van der Waals surface area contributed by atoms with Crippen LogP contribution in [-0.2, 0) is 0 Å². The molecule has 4 aromatic heterocycles. The number of allylic oxidation sites excluding steroid dienone is 3. The largest absolute Gasteiger partial charge is 0.355 e. The first kappa shape index (κ1) is 20.3. The maximum Gasteiger partial charge on any atom is 0.0928 e. The molecule has 8 bridgehead atoms. The number of hydrogen-bond acceptors (Lipinski definition) is 2. The lowest BCUT2D eigenvalue weighted by molar-refractivity contribution is 1.01. The average Bonchev–Trinajstić information content (AvgIpc) is 3.68. The molecule has 3 aliphatic rings. The molecule has 5 heteroatoms. The predicted octanol–water partition coefficient (Wildman–Crippen LogP) is 2.42. The zero-order valence-corrected chi connectivity index (χ0v) is 20.6. The van der Waals surface area contributed by atoms with Crippen molar-refractivity contribution in [1.82, 2.24) is 14.4 Å². The molecule has 3 aliphatic heterocycles. The molecule has 2 N–H and O–H groups in total. The molecule has 0 saturated heterocycles. The lowest BCUT2D eigenvalue weighted by Crippen LogP contribution is -2.31. The normalized spacial score (nSPS) is 25.6. The van der Waals surface area contributed by atoms with Gasteiger partial charge in [0, 0.05) is 33.0 Å². The highest BCUT2D eigenvalue weighted by molar-refractivity contribution is 6.25. The summed E-state index contributed by atoms with van der Waals surface area (Å²) in [4.78, 5) is 17.4. The Balaban J connectivity index is 1.61. The monoisotopic (exact) mass is 457 g/mol. The van der Waals surface area contributed by atoms with Crippen molar-refractivity contribution >= 4 is 39.6 Å². The van der Waals surface area contributed by atoms with Crippen molar-refractivity contribution in [3.05, 3.63) is 98.0 Å². The molecular weight excluding hydrogens is 430 g/mol. The van der Waals surface area contributed by atoms with E-state index in [9.17, 15) is 0 Å². The van der Waals surface area contributed by atoms with Crippen molar-refractivity contribution in [2.75, 3.05) is 0 Å². The van der Waals surface area contributed by atoms with Gasteiger partial charge in [0.1, 0.15) is 0 Å². The van der Waals surface area contributed by atoms with Gasteiger partial charge in [-0.25, -0.2) is 4.99 Å². The van der Waals surface area contributed by atoms with Crippen LogP contribution in [0.2, 0.25) is 0 Å². The number of fused-ring (bicyclic) bond motifs is 6. The summed E-state index contributed by atoms with van der Waals surface area (Å²) in [5.74, 6) is 0. The Bertz CT molecular complexity index is 2000. The summed E-state index contributed by atoms with van der Waals surface area (Å²) in [5.41, 5.74) is 11.4. The molecule has 0 fully saturated rings. The lowest BCUT2D eigenvalue weighted by atomic mass is 10.1. The van der Waals surface area contributed by atoms with Crippen molar-refractivity contribution in [2.24, 2.45) is 9.98 Å². The second-order valence-electron chi connectivity index (χ2n) is 9.89. The van der Waals surface area contributed by atoms with Gasteiger partial charge < -0.3 is 14.4 Å². The molecule has 0 radical (unpaired) electrons. The van der Waals surface area contributed by atoms with E-state index in [-0.39, 0.29) is 6.04 Å². The Morgan fingerprint density at radius 3 is 2.34 bits per heavy atom. The first-order valence-electron chi connectivity index (χ1n) is 12.2. The second kappa shape index (κ2) is 6.95. The Labute approximate surface area is 202 Å². The zero-order valence-electron chi connectivity index (χ0n) is 20.6. The number of nitrogens with zero attached hydrogens (tertiary/aromatic N) is 3. The Kier molecular flexibility index (Phi) is 4.03. The van der Waals surface area contributed by atoms with Crippen LogP contribution < -0.4 is 26.8 Å². The molecule has 4 aromatic rings. The second-order valence-corrected chi connectivity index (χ2v) is 9.89. The van der Waals surface area contributed by atoms with Crippen molar-refractivity contribution in [3.63, 3.8) is 0 Å². The van der Waals surface area contributed by atoms with E-state index in [0.717, 1.165) is 55.3 Å². The van der Waals surface area contributed by atoms with Crippen LogP contribution in [-0.4, -0.2) is 26.1 Å². The van der Waals surface area contributed by atoms with E-state index in [4.69, 9.17) is 9.98 Å². The minimum atomic E-state index is 0.0240. The molecule has 1 atom stereocenters. The maximum absolute atomic E-state index is 5.11. The highest BCUT2D eigenvalue weighted by Crippen LogP contribution is 2.23. The third-order valence-electron chi connectivity index (χ3n) is 7.93. The summed E-state index contributed by atoms with van der Waals surface area (Å²) in [6, 6.07) is 13.1. The minimum absolute atomic E-state index is 0.0240. The third-order valence-corrected chi connectivity index (χ3v) is 7.93. The van der Waals surface area contributed by atoms with E-state index in [2.05, 4.69) is 104 Å². The standard InChI is InChI=1S/C30H27N5/c1-15-20-6-7-21(31-20)16(2)23-10-11-25(33-23)18(4)27-12-13-28-19(5)30-29(35(27)28)14-26(34-30)17(3)24-9-8-22(15)32-24/h6-14,25,31-32H,1-5H3/b20-15-,21-16-,26-17+,27-18-. The number of nitrogens with one attached hydrogen (secondary N) is 2. The fourth-order valence-corrected chi connectivity index (χ4v) is 5.58. The van der Waals surface area contributed by atoms with Crippen LogP contribution in [0, 0.1) is 6.92 Å². The molecule has 7 rings (SSSR count). The summed E-state index contributed by atoms with van der Waals surface area (Å²) in [6.07, 6.45) is 6.60. The number of aryl methyl sites for hydroxylation is 1. The Morgan fingerprint density at radius 2 is 1.54 bits per heavy atom. The number of aromatic amines is 2. The first-order valence-corrected chi connectivity index (χ1v) is 12.2. The smallest absolute Gasteiger partial charge is 0.0928 e. The molecule has 0 aliphatic carbocycles. The summed E-state index contributed by atoms with van der Waals surface area (Å²) in [7, 11) is 0. The number of H-pyrrole nitrogens is 2. The molecule has 0 aromatic carbocycles. The van der Waals surface area contributed by atoms with E-state index in [1.807, 2.05) is 0 Å². The van der Waals surface area contributed by atoms with Gasteiger partial charge in [-0.05, 0) is 105 Å². The molecule has 5 nitrogen and oxygen atoms in total. The number of rotatable bonds is 0. The van der Waals surface area contributed by atoms with Crippen LogP contribution >= 0.6 is 0 Å². The van der Waals surface area contributed by atoms with Crippen molar-refractivity contribution in [1.29, 1.82) is 0 Å². The van der Waals surface area contributed by atoms with Gasteiger partial charge in [-0.2, -0.15) is 0 Å². The van der Waals surface area contributed by atoms with Crippen LogP contribution in [0.25, 0.3) is 33.9 Å². The maximum atomic E-state index is 5.11. The molecule has 1 unspecified atom stereocenters. The minimum Gasteiger partial charge on any atom is -0.355 e. The predicted molar refractivity (Wildman–Crippen MR) is 143 cm³/mol. The quantitative estimate of drug-likeness (QED) is 0.408. The Hall–Kier alpha value is -4.12. The topological polar surface area (TPSA) is 60.7 Å². The van der Waals surface area contributed by atoms with E-state index < -0.39 is 0 Å². The highest BCUT2D eigenvalue weighted by Gasteiger charge is 2.20. The van der Waals surface area contributed by atoms with Crippen LogP contribution in [0.5, 0.6) is 0 Å². The summed E-state index contributed by atoms with van der Waals surface area (Å²) in [6.45, 7) is 10.8. The van der Waals surface area contributed by atoms with Crippen molar-refractivity contribution < 1.29 is 0 Å². The highest BCUT2D eigenvalue weighted by atomic mass is 14.9. The van der Waals surface area contributed by atoms with Gasteiger partial charge in [-0.1, -0.05) is 6.08 Å². The fourth-order valence-electron chi connectivity index (χ4n) is 5.58. The number of hydrogen-bond donors (Lipinski definition) is 2.